The number of carbonyl (C=O) groups is 2. The first-order valence-corrected chi connectivity index (χ1v) is 7.66. The van der Waals surface area contributed by atoms with Crippen LogP contribution in [0.15, 0.2) is 53.0 Å². The van der Waals surface area contributed by atoms with E-state index in [0.29, 0.717) is 20.7 Å². The van der Waals surface area contributed by atoms with Gasteiger partial charge in [0.05, 0.1) is 5.56 Å². The number of esters is 1. The molecule has 22 heavy (non-hydrogen) atoms. The molecule has 1 N–H and O–H groups in total. The summed E-state index contributed by atoms with van der Waals surface area (Å²) in [6.07, 6.45) is -0.921. The van der Waals surface area contributed by atoms with Gasteiger partial charge in [0, 0.05) is 15.2 Å². The number of carbonyl (C=O) groups excluding carboxylic acids is 2. The Labute approximate surface area is 141 Å². The Morgan fingerprint density at radius 1 is 1.14 bits per heavy atom. The SMILES string of the molecule is C[C@@H](OC(=O)c1ccccc1Br)C(=O)Nc1ccc(Cl)cc1. The van der Waals surface area contributed by atoms with Crippen LogP contribution in [-0.4, -0.2) is 18.0 Å². The second-order valence-electron chi connectivity index (χ2n) is 4.52. The first kappa shape index (κ1) is 16.5. The molecule has 0 radical (unpaired) electrons. The predicted molar refractivity (Wildman–Crippen MR) is 89.1 cm³/mol. The fraction of sp³-hybridized carbons (Fsp3) is 0.125. The molecule has 0 aliphatic heterocycles. The molecule has 0 aliphatic carbocycles. The van der Waals surface area contributed by atoms with Crippen LogP contribution < -0.4 is 5.32 Å². The van der Waals surface area contributed by atoms with Crippen LogP contribution >= 0.6 is 27.5 Å². The number of hydrogen-bond donors (Lipinski definition) is 1. The first-order valence-electron chi connectivity index (χ1n) is 6.49. The van der Waals surface area contributed by atoms with E-state index in [2.05, 4.69) is 21.2 Å². The standard InChI is InChI=1S/C16H13BrClNO3/c1-10(15(20)19-12-8-6-11(18)7-9-12)22-16(21)13-4-2-3-5-14(13)17/h2-10H,1H3,(H,19,20)/t10-/m1/s1. The van der Waals surface area contributed by atoms with E-state index in [-0.39, 0.29) is 0 Å². The number of benzene rings is 2. The van der Waals surface area contributed by atoms with Crippen molar-refractivity contribution in [2.75, 3.05) is 5.32 Å². The van der Waals surface area contributed by atoms with Crippen LogP contribution in [0, 0.1) is 0 Å². The molecule has 0 heterocycles. The van der Waals surface area contributed by atoms with E-state index in [4.69, 9.17) is 16.3 Å². The smallest absolute Gasteiger partial charge is 0.340 e. The van der Waals surface area contributed by atoms with Crippen molar-refractivity contribution in [3.63, 3.8) is 0 Å². The minimum Gasteiger partial charge on any atom is -0.449 e. The first-order chi connectivity index (χ1) is 10.5. The molecule has 0 aliphatic rings. The van der Waals surface area contributed by atoms with Crippen molar-refractivity contribution >= 4 is 45.1 Å². The molecule has 0 aromatic heterocycles. The Balaban J connectivity index is 1.98. The quantitative estimate of drug-likeness (QED) is 0.803. The fourth-order valence-corrected chi connectivity index (χ4v) is 2.25. The van der Waals surface area contributed by atoms with Gasteiger partial charge in [-0.25, -0.2) is 4.79 Å². The molecule has 2 aromatic carbocycles. The Bertz CT molecular complexity index is 688. The van der Waals surface area contributed by atoms with E-state index in [1.165, 1.54) is 6.92 Å². The highest BCUT2D eigenvalue weighted by atomic mass is 79.9. The van der Waals surface area contributed by atoms with E-state index >= 15 is 0 Å². The largest absolute Gasteiger partial charge is 0.449 e. The second-order valence-corrected chi connectivity index (χ2v) is 5.81. The number of halogens is 2. The monoisotopic (exact) mass is 381 g/mol. The number of amides is 1. The highest BCUT2D eigenvalue weighted by Crippen LogP contribution is 2.18. The molecular weight excluding hydrogens is 370 g/mol. The lowest BCUT2D eigenvalue weighted by atomic mass is 10.2. The van der Waals surface area contributed by atoms with Gasteiger partial charge >= 0.3 is 5.97 Å². The summed E-state index contributed by atoms with van der Waals surface area (Å²) >= 11 is 9.05. The van der Waals surface area contributed by atoms with E-state index in [0.717, 1.165) is 0 Å². The molecule has 114 valence electrons. The van der Waals surface area contributed by atoms with Gasteiger partial charge in [0.15, 0.2) is 6.10 Å². The van der Waals surface area contributed by atoms with Gasteiger partial charge in [0.25, 0.3) is 5.91 Å². The Kier molecular flexibility index (Phi) is 5.57. The van der Waals surface area contributed by atoms with Crippen LogP contribution in [-0.2, 0) is 9.53 Å². The molecule has 6 heteroatoms. The maximum absolute atomic E-state index is 12.0. The summed E-state index contributed by atoms with van der Waals surface area (Å²) in [5, 5.41) is 3.23. The zero-order valence-electron chi connectivity index (χ0n) is 11.7. The van der Waals surface area contributed by atoms with E-state index < -0.39 is 18.0 Å². The molecule has 1 amide bonds. The van der Waals surface area contributed by atoms with Crippen molar-refractivity contribution in [2.24, 2.45) is 0 Å². The highest BCUT2D eigenvalue weighted by molar-refractivity contribution is 9.10. The summed E-state index contributed by atoms with van der Waals surface area (Å²) in [5.41, 5.74) is 0.951. The summed E-state index contributed by atoms with van der Waals surface area (Å²) in [6.45, 7) is 1.51. The van der Waals surface area contributed by atoms with E-state index in [9.17, 15) is 9.59 Å². The Hall–Kier alpha value is -1.85. The lowest BCUT2D eigenvalue weighted by Crippen LogP contribution is -2.30. The molecule has 0 saturated carbocycles. The maximum atomic E-state index is 12.0. The highest BCUT2D eigenvalue weighted by Gasteiger charge is 2.20. The third kappa shape index (κ3) is 4.32. The summed E-state index contributed by atoms with van der Waals surface area (Å²) < 4.78 is 5.78. The summed E-state index contributed by atoms with van der Waals surface area (Å²) in [5.74, 6) is -0.978. The van der Waals surface area contributed by atoms with Crippen molar-refractivity contribution in [3.05, 3.63) is 63.6 Å². The van der Waals surface area contributed by atoms with Crippen molar-refractivity contribution < 1.29 is 14.3 Å². The predicted octanol–water partition coefficient (Wildman–Crippen LogP) is 4.29. The molecule has 1 atom stereocenters. The molecule has 0 bridgehead atoms. The zero-order valence-corrected chi connectivity index (χ0v) is 14.0. The maximum Gasteiger partial charge on any atom is 0.340 e. The van der Waals surface area contributed by atoms with Crippen LogP contribution in [0.2, 0.25) is 5.02 Å². The minimum atomic E-state index is -0.921. The van der Waals surface area contributed by atoms with Crippen molar-refractivity contribution in [2.45, 2.75) is 13.0 Å². The van der Waals surface area contributed by atoms with Crippen LogP contribution in [0.1, 0.15) is 17.3 Å². The fourth-order valence-electron chi connectivity index (χ4n) is 1.68. The lowest BCUT2D eigenvalue weighted by Gasteiger charge is -2.14. The minimum absolute atomic E-state index is 0.369. The van der Waals surface area contributed by atoms with E-state index in [1.54, 1.807) is 48.5 Å². The normalized spacial score (nSPS) is 11.6. The third-order valence-electron chi connectivity index (χ3n) is 2.86. The van der Waals surface area contributed by atoms with Gasteiger partial charge in [-0.1, -0.05) is 23.7 Å². The van der Waals surface area contributed by atoms with Gasteiger partial charge < -0.3 is 10.1 Å². The van der Waals surface area contributed by atoms with Crippen LogP contribution in [0.4, 0.5) is 5.69 Å². The Morgan fingerprint density at radius 3 is 2.41 bits per heavy atom. The molecule has 4 nitrogen and oxygen atoms in total. The number of nitrogens with one attached hydrogen (secondary N) is 1. The second kappa shape index (κ2) is 7.42. The number of anilines is 1. The van der Waals surface area contributed by atoms with E-state index in [1.807, 2.05) is 0 Å². The van der Waals surface area contributed by atoms with Gasteiger partial charge in [-0.2, -0.15) is 0 Å². The molecular formula is C16H13BrClNO3. The molecule has 2 rings (SSSR count). The topological polar surface area (TPSA) is 55.4 Å². The van der Waals surface area contributed by atoms with Crippen LogP contribution in [0.5, 0.6) is 0 Å². The molecule has 0 spiro atoms. The molecule has 0 saturated heterocycles. The number of rotatable bonds is 4. The third-order valence-corrected chi connectivity index (χ3v) is 3.80. The van der Waals surface area contributed by atoms with Crippen molar-refractivity contribution in [3.8, 4) is 0 Å². The van der Waals surface area contributed by atoms with Gasteiger partial charge in [0.1, 0.15) is 0 Å². The molecule has 0 fully saturated rings. The summed E-state index contributed by atoms with van der Waals surface area (Å²) in [4.78, 5) is 24.0. The average Bonchev–Trinajstić information content (AvgIpc) is 2.49. The number of ether oxygens (including phenoxy) is 1. The summed E-state index contributed by atoms with van der Waals surface area (Å²) in [7, 11) is 0. The lowest BCUT2D eigenvalue weighted by molar-refractivity contribution is -0.123. The zero-order chi connectivity index (χ0) is 16.1. The van der Waals surface area contributed by atoms with Crippen molar-refractivity contribution in [1.29, 1.82) is 0 Å². The van der Waals surface area contributed by atoms with Gasteiger partial charge in [-0.3, -0.25) is 4.79 Å². The molecule has 0 unspecified atom stereocenters. The van der Waals surface area contributed by atoms with Crippen molar-refractivity contribution in [1.82, 2.24) is 0 Å². The van der Waals surface area contributed by atoms with Crippen LogP contribution in [0.3, 0.4) is 0 Å². The number of hydrogen-bond acceptors (Lipinski definition) is 3. The average molecular weight is 383 g/mol. The Morgan fingerprint density at radius 2 is 1.77 bits per heavy atom. The van der Waals surface area contributed by atoms with Gasteiger partial charge in [-0.15, -0.1) is 0 Å². The van der Waals surface area contributed by atoms with Crippen LogP contribution in [0.25, 0.3) is 0 Å². The van der Waals surface area contributed by atoms with Gasteiger partial charge in [-0.05, 0) is 59.3 Å². The summed E-state index contributed by atoms with van der Waals surface area (Å²) in [6, 6.07) is 13.5. The van der Waals surface area contributed by atoms with Gasteiger partial charge in [0.2, 0.25) is 0 Å². The molecule has 2 aromatic rings.